The Morgan fingerprint density at radius 1 is 0.780 bits per heavy atom. The molecule has 0 aliphatic heterocycles. The number of rotatable bonds is 8. The lowest BCUT2D eigenvalue weighted by Gasteiger charge is -2.38. The summed E-state index contributed by atoms with van der Waals surface area (Å²) in [5.41, 5.74) is 1.05. The molecule has 6 rings (SSSR count). The first-order chi connectivity index (χ1) is 19.5. The first kappa shape index (κ1) is 28.6. The van der Waals surface area contributed by atoms with Gasteiger partial charge in [-0.2, -0.15) is 0 Å². The summed E-state index contributed by atoms with van der Waals surface area (Å²) in [6, 6.07) is 11.6. The second-order valence-electron chi connectivity index (χ2n) is 12.1. The number of hydrogen-bond donors (Lipinski definition) is 5. The summed E-state index contributed by atoms with van der Waals surface area (Å²) in [6.45, 7) is 0. The molecule has 4 aliphatic carbocycles. The van der Waals surface area contributed by atoms with Gasteiger partial charge in [0.2, 0.25) is 5.91 Å². The molecule has 4 bridgehead atoms. The van der Waals surface area contributed by atoms with Crippen molar-refractivity contribution in [1.82, 2.24) is 0 Å². The lowest BCUT2D eigenvalue weighted by Crippen LogP contribution is -2.43. The number of anilines is 2. The van der Waals surface area contributed by atoms with Crippen molar-refractivity contribution < 1.29 is 29.7 Å². The van der Waals surface area contributed by atoms with Crippen molar-refractivity contribution in [1.29, 1.82) is 0 Å². The molecule has 2 aromatic rings. The lowest BCUT2D eigenvalue weighted by molar-refractivity contribution is -0.149. The van der Waals surface area contributed by atoms with E-state index in [2.05, 4.69) is 10.6 Å². The Bertz CT molecular complexity index is 1390. The minimum Gasteiger partial charge on any atom is -0.481 e. The molecule has 2 aromatic carbocycles. The summed E-state index contributed by atoms with van der Waals surface area (Å²) < 4.78 is 0. The zero-order valence-electron chi connectivity index (χ0n) is 21.9. The fourth-order valence-electron chi connectivity index (χ4n) is 9.13. The Hall–Kier alpha value is -2.52. The van der Waals surface area contributed by atoms with Crippen LogP contribution in [0.15, 0.2) is 42.5 Å². The highest BCUT2D eigenvalue weighted by Gasteiger charge is 2.66. The third-order valence-corrected chi connectivity index (χ3v) is 11.3. The summed E-state index contributed by atoms with van der Waals surface area (Å²) in [5.74, 6) is -5.63. The van der Waals surface area contributed by atoms with Crippen molar-refractivity contribution in [3.63, 3.8) is 0 Å². The van der Waals surface area contributed by atoms with Crippen LogP contribution in [0.4, 0.5) is 11.4 Å². The van der Waals surface area contributed by atoms with Crippen LogP contribution in [0.25, 0.3) is 0 Å². The van der Waals surface area contributed by atoms with E-state index in [0.29, 0.717) is 39.3 Å². The van der Waals surface area contributed by atoms with Crippen molar-refractivity contribution in [2.24, 2.45) is 59.2 Å². The summed E-state index contributed by atoms with van der Waals surface area (Å²) in [4.78, 5) is 38.5. The summed E-state index contributed by atoms with van der Waals surface area (Å²) in [6.07, 6.45) is 1.66. The Balaban J connectivity index is 1.26. The average molecular weight is 622 g/mol. The molecule has 11 atom stereocenters. The molecule has 11 heteroatoms. The van der Waals surface area contributed by atoms with Gasteiger partial charge in [0, 0.05) is 22.3 Å². The van der Waals surface area contributed by atoms with E-state index < -0.39 is 41.8 Å². The maximum atomic E-state index is 13.6. The van der Waals surface area contributed by atoms with Crippen molar-refractivity contribution in [3.8, 4) is 0 Å². The highest BCUT2D eigenvalue weighted by molar-refractivity contribution is 6.42. The van der Waals surface area contributed by atoms with Gasteiger partial charge in [0.25, 0.3) is 0 Å². The number of aliphatic carboxylic acids is 2. The zero-order valence-corrected chi connectivity index (χ0v) is 24.2. The van der Waals surface area contributed by atoms with Crippen molar-refractivity contribution >= 4 is 64.0 Å². The molecule has 8 nitrogen and oxygen atoms in total. The van der Waals surface area contributed by atoms with E-state index in [-0.39, 0.29) is 41.4 Å². The van der Waals surface area contributed by atoms with E-state index in [1.807, 2.05) is 0 Å². The molecule has 218 valence electrons. The van der Waals surface area contributed by atoms with Crippen LogP contribution in [-0.2, 0) is 14.4 Å². The second-order valence-corrected chi connectivity index (χ2v) is 13.3. The number of carbonyl (C=O) groups excluding carboxylic acids is 1. The Kier molecular flexibility index (Phi) is 7.64. The predicted molar refractivity (Wildman–Crippen MR) is 155 cm³/mol. The van der Waals surface area contributed by atoms with Crippen LogP contribution in [0.1, 0.15) is 25.7 Å². The van der Waals surface area contributed by atoms with Crippen molar-refractivity contribution in [2.75, 3.05) is 10.6 Å². The summed E-state index contributed by atoms with van der Waals surface area (Å²) >= 11 is 18.3. The van der Waals surface area contributed by atoms with Gasteiger partial charge < -0.3 is 26.0 Å². The number of aliphatic hydroxyl groups excluding tert-OH is 1. The summed E-state index contributed by atoms with van der Waals surface area (Å²) in [7, 11) is 0. The number of hydrogen-bond acceptors (Lipinski definition) is 5. The lowest BCUT2D eigenvalue weighted by atomic mass is 9.66. The normalized spacial score (nSPS) is 35.8. The van der Waals surface area contributed by atoms with Gasteiger partial charge in [0.1, 0.15) is 6.23 Å². The van der Waals surface area contributed by atoms with E-state index >= 15 is 0 Å². The number of benzene rings is 2. The molecule has 1 amide bonds. The van der Waals surface area contributed by atoms with Gasteiger partial charge in [0.05, 0.1) is 27.8 Å². The third kappa shape index (κ3) is 4.97. The van der Waals surface area contributed by atoms with Crippen LogP contribution in [0.3, 0.4) is 0 Å². The third-order valence-electron chi connectivity index (χ3n) is 10.3. The van der Waals surface area contributed by atoms with E-state index in [1.54, 1.807) is 42.5 Å². The van der Waals surface area contributed by atoms with Gasteiger partial charge in [-0.05, 0) is 97.6 Å². The number of carboxylic acid groups (broad SMARTS) is 2. The van der Waals surface area contributed by atoms with Crippen LogP contribution in [0.5, 0.6) is 0 Å². The molecular formula is C30H31Cl3N2O6. The van der Waals surface area contributed by atoms with E-state index in [9.17, 15) is 29.7 Å². The van der Waals surface area contributed by atoms with Crippen molar-refractivity contribution in [3.05, 3.63) is 57.5 Å². The zero-order chi connectivity index (χ0) is 29.2. The van der Waals surface area contributed by atoms with Crippen LogP contribution in [0.2, 0.25) is 15.1 Å². The molecule has 0 heterocycles. The number of carbonyl (C=O) groups is 3. The number of carboxylic acids is 2. The van der Waals surface area contributed by atoms with E-state index in [0.717, 1.165) is 12.8 Å². The molecule has 11 unspecified atom stereocenters. The Labute approximate surface area is 252 Å². The first-order valence-electron chi connectivity index (χ1n) is 14.0. The minimum absolute atomic E-state index is 0.00670. The second kappa shape index (κ2) is 11.0. The predicted octanol–water partition coefficient (Wildman–Crippen LogP) is 5.96. The monoisotopic (exact) mass is 620 g/mol. The van der Waals surface area contributed by atoms with E-state index in [4.69, 9.17) is 34.8 Å². The van der Waals surface area contributed by atoms with Crippen LogP contribution in [-0.4, -0.2) is 39.4 Å². The molecule has 4 saturated carbocycles. The molecule has 0 spiro atoms. The molecule has 0 saturated heterocycles. The molecule has 0 radical (unpaired) electrons. The number of aliphatic hydroxyl groups is 1. The highest BCUT2D eigenvalue weighted by Crippen LogP contribution is 2.67. The quantitative estimate of drug-likeness (QED) is 0.229. The molecule has 4 fully saturated rings. The Morgan fingerprint density at radius 2 is 1.49 bits per heavy atom. The van der Waals surface area contributed by atoms with Gasteiger partial charge in [-0.15, -0.1) is 0 Å². The smallest absolute Gasteiger partial charge is 0.307 e. The summed E-state index contributed by atoms with van der Waals surface area (Å²) in [5, 5.41) is 38.8. The van der Waals surface area contributed by atoms with Gasteiger partial charge in [-0.3, -0.25) is 14.4 Å². The van der Waals surface area contributed by atoms with E-state index in [1.165, 1.54) is 0 Å². The van der Waals surface area contributed by atoms with Gasteiger partial charge >= 0.3 is 11.9 Å². The number of nitrogens with one attached hydrogen (secondary N) is 2. The minimum atomic E-state index is -1.13. The van der Waals surface area contributed by atoms with Gasteiger partial charge in [-0.1, -0.05) is 40.9 Å². The highest BCUT2D eigenvalue weighted by atomic mass is 35.5. The first-order valence-corrected chi connectivity index (χ1v) is 15.1. The molecule has 0 aromatic heterocycles. The maximum absolute atomic E-state index is 13.6. The average Bonchev–Trinajstić information content (AvgIpc) is 3.68. The maximum Gasteiger partial charge on any atom is 0.307 e. The topological polar surface area (TPSA) is 136 Å². The Morgan fingerprint density at radius 3 is 2.17 bits per heavy atom. The fourth-order valence-corrected chi connectivity index (χ4v) is 9.62. The van der Waals surface area contributed by atoms with Crippen molar-refractivity contribution in [2.45, 2.75) is 31.9 Å². The van der Waals surface area contributed by atoms with Crippen LogP contribution >= 0.6 is 34.8 Å². The SMILES string of the molecule is O=C(O)C1C2CC(C(C3C4CCC3C(C(O)Nc3ccc(Cl)c(Cl)c3)C4C(=O)O)C2)C1C(=O)Nc1cccc(Cl)c1. The molecular weight excluding hydrogens is 591 g/mol. The number of amides is 1. The van der Waals surface area contributed by atoms with Gasteiger partial charge in [0.15, 0.2) is 0 Å². The van der Waals surface area contributed by atoms with Crippen LogP contribution < -0.4 is 10.6 Å². The van der Waals surface area contributed by atoms with Crippen LogP contribution in [0, 0.1) is 59.2 Å². The standard InChI is InChI=1S/C30H31Cl3N2O6/c31-13-2-1-3-14(10-13)34-28(37)25-19-9-12(22(25)29(38)39)8-18(19)23-16-5-6-17(23)26(30(40)41)24(16)27(36)35-15-4-7-20(32)21(33)11-15/h1-4,7,10-12,16-19,22-27,35-36H,5-6,8-9H2,(H,34,37)(H,38,39)(H,40,41). The molecule has 5 N–H and O–H groups in total. The molecule has 41 heavy (non-hydrogen) atoms. The molecule has 4 aliphatic rings. The number of halogens is 3. The number of fused-ring (bicyclic) bond motifs is 4. The largest absolute Gasteiger partial charge is 0.481 e. The van der Waals surface area contributed by atoms with Gasteiger partial charge in [-0.25, -0.2) is 0 Å². The fraction of sp³-hybridized carbons (Fsp3) is 0.500.